The van der Waals surface area contributed by atoms with Gasteiger partial charge >= 0.3 is 0 Å². The molecule has 0 N–H and O–H groups in total. The fourth-order valence-electron chi connectivity index (χ4n) is 1.43. The summed E-state index contributed by atoms with van der Waals surface area (Å²) in [7, 11) is 0. The van der Waals surface area contributed by atoms with Crippen molar-refractivity contribution in [2.75, 3.05) is 0 Å². The SMILES string of the molecule is N#CC=CCc1ccccc1CC=CC#N. The molecule has 0 atom stereocenters. The van der Waals surface area contributed by atoms with Gasteiger partial charge in [0.05, 0.1) is 12.1 Å². The summed E-state index contributed by atoms with van der Waals surface area (Å²) in [5, 5.41) is 16.8. The Balaban J connectivity index is 2.76. The minimum Gasteiger partial charge on any atom is -0.193 e. The normalized spacial score (nSPS) is 10.4. The van der Waals surface area contributed by atoms with Crippen LogP contribution in [0.5, 0.6) is 0 Å². The van der Waals surface area contributed by atoms with Gasteiger partial charge in [-0.3, -0.25) is 0 Å². The number of allylic oxidation sites excluding steroid dienone is 4. The highest BCUT2D eigenvalue weighted by Gasteiger charge is 1.97. The first-order valence-electron chi connectivity index (χ1n) is 5.04. The van der Waals surface area contributed by atoms with E-state index in [4.69, 9.17) is 10.5 Å². The second kappa shape index (κ2) is 7.04. The zero-order chi connectivity index (χ0) is 11.6. The first-order valence-corrected chi connectivity index (χ1v) is 5.04. The van der Waals surface area contributed by atoms with Gasteiger partial charge in [-0.1, -0.05) is 36.4 Å². The van der Waals surface area contributed by atoms with Crippen LogP contribution in [0.4, 0.5) is 0 Å². The third kappa shape index (κ3) is 3.82. The molecule has 0 unspecified atom stereocenters. The van der Waals surface area contributed by atoms with E-state index in [1.807, 2.05) is 48.6 Å². The topological polar surface area (TPSA) is 47.6 Å². The van der Waals surface area contributed by atoms with E-state index in [-0.39, 0.29) is 0 Å². The average molecular weight is 208 g/mol. The van der Waals surface area contributed by atoms with E-state index in [1.54, 1.807) is 0 Å². The number of rotatable bonds is 4. The largest absolute Gasteiger partial charge is 0.193 e. The molecule has 2 nitrogen and oxygen atoms in total. The lowest BCUT2D eigenvalue weighted by molar-refractivity contribution is 1.15. The number of hydrogen-bond acceptors (Lipinski definition) is 2. The molecule has 0 aromatic heterocycles. The van der Waals surface area contributed by atoms with Crippen molar-refractivity contribution in [2.45, 2.75) is 12.8 Å². The Bertz CT molecular complexity index is 425. The van der Waals surface area contributed by atoms with Crippen molar-refractivity contribution < 1.29 is 0 Å². The Morgan fingerprint density at radius 3 is 1.69 bits per heavy atom. The molecule has 0 bridgehead atoms. The lowest BCUT2D eigenvalue weighted by atomic mass is 10.0. The van der Waals surface area contributed by atoms with Crippen LogP contribution in [0.1, 0.15) is 11.1 Å². The molecule has 1 aromatic rings. The molecule has 0 aliphatic carbocycles. The van der Waals surface area contributed by atoms with E-state index in [0.717, 1.165) is 12.8 Å². The summed E-state index contributed by atoms with van der Waals surface area (Å²) in [5.41, 5.74) is 2.38. The third-order valence-corrected chi connectivity index (χ3v) is 2.18. The van der Waals surface area contributed by atoms with Gasteiger partial charge in [-0.05, 0) is 24.0 Å². The van der Waals surface area contributed by atoms with E-state index < -0.39 is 0 Å². The summed E-state index contributed by atoms with van der Waals surface area (Å²) >= 11 is 0. The first-order chi connectivity index (χ1) is 7.88. The summed E-state index contributed by atoms with van der Waals surface area (Å²) in [4.78, 5) is 0. The Kier molecular flexibility index (Phi) is 5.17. The Morgan fingerprint density at radius 2 is 1.31 bits per heavy atom. The number of benzene rings is 1. The van der Waals surface area contributed by atoms with Gasteiger partial charge < -0.3 is 0 Å². The molecule has 1 rings (SSSR count). The van der Waals surface area contributed by atoms with Crippen molar-refractivity contribution in [1.29, 1.82) is 10.5 Å². The van der Waals surface area contributed by atoms with E-state index >= 15 is 0 Å². The van der Waals surface area contributed by atoms with Crippen LogP contribution >= 0.6 is 0 Å². The zero-order valence-corrected chi connectivity index (χ0v) is 8.93. The Hall–Kier alpha value is -2.32. The van der Waals surface area contributed by atoms with Crippen LogP contribution in [0, 0.1) is 22.7 Å². The summed E-state index contributed by atoms with van der Waals surface area (Å²) in [6.07, 6.45) is 8.16. The summed E-state index contributed by atoms with van der Waals surface area (Å²) < 4.78 is 0. The zero-order valence-electron chi connectivity index (χ0n) is 8.93. The van der Waals surface area contributed by atoms with Crippen molar-refractivity contribution in [3.63, 3.8) is 0 Å². The van der Waals surface area contributed by atoms with Crippen molar-refractivity contribution >= 4 is 0 Å². The van der Waals surface area contributed by atoms with Gasteiger partial charge in [0.25, 0.3) is 0 Å². The van der Waals surface area contributed by atoms with Crippen molar-refractivity contribution in [2.24, 2.45) is 0 Å². The van der Waals surface area contributed by atoms with Crippen LogP contribution in [0.15, 0.2) is 48.6 Å². The minimum atomic E-state index is 0.754. The second-order valence-corrected chi connectivity index (χ2v) is 3.24. The molecular weight excluding hydrogens is 196 g/mol. The van der Waals surface area contributed by atoms with E-state index in [9.17, 15) is 0 Å². The minimum absolute atomic E-state index is 0.754. The predicted octanol–water partition coefficient (Wildman–Crippen LogP) is 2.93. The summed E-state index contributed by atoms with van der Waals surface area (Å²) in [6, 6.07) is 12.0. The molecule has 0 aliphatic rings. The van der Waals surface area contributed by atoms with Gasteiger partial charge in [0.1, 0.15) is 0 Å². The quantitative estimate of drug-likeness (QED) is 0.714. The highest BCUT2D eigenvalue weighted by Crippen LogP contribution is 2.11. The number of hydrogen-bond donors (Lipinski definition) is 0. The summed E-state index contributed by atoms with van der Waals surface area (Å²) in [6.45, 7) is 0. The molecule has 16 heavy (non-hydrogen) atoms. The molecule has 0 saturated carbocycles. The van der Waals surface area contributed by atoms with Crippen molar-refractivity contribution in [1.82, 2.24) is 0 Å². The molecule has 0 saturated heterocycles. The van der Waals surface area contributed by atoms with Crippen molar-refractivity contribution in [3.05, 3.63) is 59.7 Å². The molecule has 0 aliphatic heterocycles. The maximum Gasteiger partial charge on any atom is 0.0908 e. The Labute approximate surface area is 95.8 Å². The van der Waals surface area contributed by atoms with Gasteiger partial charge in [0.15, 0.2) is 0 Å². The van der Waals surface area contributed by atoms with Crippen LogP contribution in [0.25, 0.3) is 0 Å². The predicted molar refractivity (Wildman–Crippen MR) is 63.4 cm³/mol. The number of nitriles is 2. The highest BCUT2D eigenvalue weighted by molar-refractivity contribution is 5.31. The first kappa shape index (κ1) is 11.8. The second-order valence-electron chi connectivity index (χ2n) is 3.24. The summed E-state index contributed by atoms with van der Waals surface area (Å²) in [5.74, 6) is 0. The molecule has 0 amide bonds. The molecule has 0 spiro atoms. The van der Waals surface area contributed by atoms with Gasteiger partial charge in [0, 0.05) is 12.2 Å². The van der Waals surface area contributed by atoms with Crippen LogP contribution in [0.3, 0.4) is 0 Å². The average Bonchev–Trinajstić information content (AvgIpc) is 2.32. The van der Waals surface area contributed by atoms with Gasteiger partial charge in [-0.25, -0.2) is 0 Å². The molecule has 0 radical (unpaired) electrons. The lowest BCUT2D eigenvalue weighted by Gasteiger charge is -2.04. The Morgan fingerprint density at radius 1 is 0.875 bits per heavy atom. The van der Waals surface area contributed by atoms with Gasteiger partial charge in [0.2, 0.25) is 0 Å². The van der Waals surface area contributed by atoms with Crippen LogP contribution in [0.2, 0.25) is 0 Å². The van der Waals surface area contributed by atoms with Gasteiger partial charge in [-0.2, -0.15) is 10.5 Å². The maximum absolute atomic E-state index is 8.40. The molecule has 78 valence electrons. The molecule has 2 heteroatoms. The van der Waals surface area contributed by atoms with Crippen LogP contribution < -0.4 is 0 Å². The third-order valence-electron chi connectivity index (χ3n) is 2.18. The standard InChI is InChI=1S/C14H12N2/c15-11-5-3-9-13-7-1-2-8-14(13)10-4-6-12-16/h1-8H,9-10H2. The van der Waals surface area contributed by atoms with E-state index in [1.165, 1.54) is 23.3 Å². The van der Waals surface area contributed by atoms with Crippen molar-refractivity contribution in [3.8, 4) is 12.1 Å². The van der Waals surface area contributed by atoms with Crippen LogP contribution in [-0.2, 0) is 12.8 Å². The molecule has 0 fully saturated rings. The monoisotopic (exact) mass is 208 g/mol. The smallest absolute Gasteiger partial charge is 0.0908 e. The van der Waals surface area contributed by atoms with E-state index in [0.29, 0.717) is 0 Å². The highest BCUT2D eigenvalue weighted by atomic mass is 14.2. The fourth-order valence-corrected chi connectivity index (χ4v) is 1.43. The molecule has 1 aromatic carbocycles. The van der Waals surface area contributed by atoms with Gasteiger partial charge in [-0.15, -0.1) is 0 Å². The van der Waals surface area contributed by atoms with E-state index in [2.05, 4.69) is 0 Å². The maximum atomic E-state index is 8.40. The lowest BCUT2D eigenvalue weighted by Crippen LogP contribution is -1.90. The number of nitrogens with zero attached hydrogens (tertiary/aromatic N) is 2. The fraction of sp³-hybridized carbons (Fsp3) is 0.143. The molecular formula is C14H12N2. The van der Waals surface area contributed by atoms with Crippen LogP contribution in [-0.4, -0.2) is 0 Å². The molecule has 0 heterocycles.